The molecule has 0 bridgehead atoms. The van der Waals surface area contributed by atoms with Crippen molar-refractivity contribution in [1.82, 2.24) is 4.98 Å². The summed E-state index contributed by atoms with van der Waals surface area (Å²) >= 11 is 0. The third-order valence-corrected chi connectivity index (χ3v) is 3.17. The molecule has 22 heavy (non-hydrogen) atoms. The van der Waals surface area contributed by atoms with Crippen LogP contribution in [0.2, 0.25) is 0 Å². The molecule has 0 saturated heterocycles. The zero-order valence-corrected chi connectivity index (χ0v) is 11.9. The average Bonchev–Trinajstić information content (AvgIpc) is 2.57. The Morgan fingerprint density at radius 3 is 2.09 bits per heavy atom. The third kappa shape index (κ3) is 3.49. The highest BCUT2D eigenvalue weighted by Crippen LogP contribution is 2.21. The van der Waals surface area contributed by atoms with Crippen molar-refractivity contribution in [3.63, 3.8) is 0 Å². The van der Waals surface area contributed by atoms with Crippen LogP contribution in [0, 0.1) is 0 Å². The van der Waals surface area contributed by atoms with E-state index in [0.717, 1.165) is 16.8 Å². The van der Waals surface area contributed by atoms with E-state index >= 15 is 0 Å². The first-order chi connectivity index (χ1) is 10.8. The maximum absolute atomic E-state index is 11.9. The molecule has 2 aromatic carbocycles. The number of rotatable bonds is 3. The fourth-order valence-electron chi connectivity index (χ4n) is 2.11. The van der Waals surface area contributed by atoms with Crippen LogP contribution in [0.25, 0.3) is 11.1 Å². The highest BCUT2D eigenvalue weighted by molar-refractivity contribution is 5.99. The summed E-state index contributed by atoms with van der Waals surface area (Å²) in [7, 11) is 0. The van der Waals surface area contributed by atoms with Gasteiger partial charge < -0.3 is 10.6 Å². The molecule has 4 nitrogen and oxygen atoms in total. The van der Waals surface area contributed by atoms with Gasteiger partial charge in [-0.1, -0.05) is 42.5 Å². The van der Waals surface area contributed by atoms with Crippen molar-refractivity contribution >= 4 is 17.4 Å². The lowest BCUT2D eigenvalue weighted by atomic mass is 10.1. The summed E-state index contributed by atoms with van der Waals surface area (Å²) in [4.78, 5) is 15.8. The number of carbonyl (C=O) groups is 1. The van der Waals surface area contributed by atoms with Crippen molar-refractivity contribution in [2.24, 2.45) is 0 Å². The molecule has 3 aromatic rings. The molecule has 0 radical (unpaired) electrons. The van der Waals surface area contributed by atoms with Crippen LogP contribution in [0.5, 0.6) is 0 Å². The Labute approximate surface area is 128 Å². The first kappa shape index (κ1) is 13.8. The van der Waals surface area contributed by atoms with Crippen molar-refractivity contribution in [1.29, 1.82) is 0 Å². The molecule has 2 amide bonds. The number of benzene rings is 2. The summed E-state index contributed by atoms with van der Waals surface area (Å²) in [5.74, 6) is 0. The first-order valence-electron chi connectivity index (χ1n) is 6.95. The topological polar surface area (TPSA) is 54.0 Å². The van der Waals surface area contributed by atoms with E-state index in [1.807, 2.05) is 42.5 Å². The van der Waals surface area contributed by atoms with E-state index in [2.05, 4.69) is 27.8 Å². The van der Waals surface area contributed by atoms with Gasteiger partial charge in [0.2, 0.25) is 0 Å². The molecule has 0 aliphatic heterocycles. The minimum absolute atomic E-state index is 0.291. The van der Waals surface area contributed by atoms with E-state index in [1.165, 1.54) is 0 Å². The van der Waals surface area contributed by atoms with Crippen LogP contribution in [-0.4, -0.2) is 11.0 Å². The maximum atomic E-state index is 11.9. The first-order valence-corrected chi connectivity index (χ1v) is 6.95. The van der Waals surface area contributed by atoms with E-state index in [9.17, 15) is 4.79 Å². The summed E-state index contributed by atoms with van der Waals surface area (Å²) in [6.45, 7) is 0. The summed E-state index contributed by atoms with van der Waals surface area (Å²) in [5.41, 5.74) is 3.65. The van der Waals surface area contributed by atoms with Gasteiger partial charge in [0.25, 0.3) is 0 Å². The molecule has 0 aliphatic rings. The Morgan fingerprint density at radius 1 is 0.727 bits per heavy atom. The quantitative estimate of drug-likeness (QED) is 0.751. The van der Waals surface area contributed by atoms with Crippen LogP contribution in [0.3, 0.4) is 0 Å². The zero-order valence-electron chi connectivity index (χ0n) is 11.9. The molecular formula is C18H15N3O. The second-order valence-electron chi connectivity index (χ2n) is 4.76. The molecule has 0 atom stereocenters. The summed E-state index contributed by atoms with van der Waals surface area (Å²) in [6, 6.07) is 21.1. The minimum Gasteiger partial charge on any atom is -0.308 e. The van der Waals surface area contributed by atoms with Crippen LogP contribution in [0.15, 0.2) is 79.1 Å². The van der Waals surface area contributed by atoms with Crippen molar-refractivity contribution in [3.05, 3.63) is 79.1 Å². The van der Waals surface area contributed by atoms with Gasteiger partial charge in [0.1, 0.15) is 0 Å². The molecule has 2 N–H and O–H groups in total. The lowest BCUT2D eigenvalue weighted by Crippen LogP contribution is -2.19. The summed E-state index contributed by atoms with van der Waals surface area (Å²) in [5, 5.41) is 5.52. The zero-order chi connectivity index (χ0) is 15.2. The smallest absolute Gasteiger partial charge is 0.308 e. The van der Waals surface area contributed by atoms with Crippen LogP contribution in [0.4, 0.5) is 16.2 Å². The van der Waals surface area contributed by atoms with Gasteiger partial charge in [-0.15, -0.1) is 0 Å². The number of aromatic nitrogens is 1. The van der Waals surface area contributed by atoms with E-state index in [1.54, 1.807) is 24.5 Å². The molecule has 0 spiro atoms. The maximum Gasteiger partial charge on any atom is 0.323 e. The van der Waals surface area contributed by atoms with Gasteiger partial charge >= 0.3 is 6.03 Å². The van der Waals surface area contributed by atoms with Crippen LogP contribution in [-0.2, 0) is 0 Å². The van der Waals surface area contributed by atoms with Crippen molar-refractivity contribution < 1.29 is 4.79 Å². The van der Waals surface area contributed by atoms with Gasteiger partial charge in [0.15, 0.2) is 0 Å². The van der Waals surface area contributed by atoms with Crippen molar-refractivity contribution in [3.8, 4) is 11.1 Å². The SMILES string of the molecule is O=C(Nc1ccc(-c2ccccc2)cc1)Nc1cccnc1. The molecule has 0 unspecified atom stereocenters. The second kappa shape index (κ2) is 6.54. The molecule has 108 valence electrons. The largest absolute Gasteiger partial charge is 0.323 e. The predicted molar refractivity (Wildman–Crippen MR) is 88.8 cm³/mol. The monoisotopic (exact) mass is 289 g/mol. The Morgan fingerprint density at radius 2 is 1.41 bits per heavy atom. The molecular weight excluding hydrogens is 274 g/mol. The Bertz CT molecular complexity index is 740. The molecule has 0 aliphatic carbocycles. The number of carbonyl (C=O) groups excluding carboxylic acids is 1. The number of pyridine rings is 1. The highest BCUT2D eigenvalue weighted by Gasteiger charge is 2.03. The van der Waals surface area contributed by atoms with Crippen molar-refractivity contribution in [2.75, 3.05) is 10.6 Å². The number of nitrogens with one attached hydrogen (secondary N) is 2. The van der Waals surface area contributed by atoms with Gasteiger partial charge in [-0.25, -0.2) is 4.79 Å². The van der Waals surface area contributed by atoms with Crippen LogP contribution >= 0.6 is 0 Å². The molecule has 0 fully saturated rings. The van der Waals surface area contributed by atoms with Gasteiger partial charge in [-0.05, 0) is 35.4 Å². The standard InChI is InChI=1S/C18H15N3O/c22-18(21-17-7-4-12-19-13-17)20-16-10-8-15(9-11-16)14-5-2-1-3-6-14/h1-13H,(H2,20,21,22). The number of amides is 2. The Kier molecular flexibility index (Phi) is 4.11. The van der Waals surface area contributed by atoms with E-state index in [0.29, 0.717) is 5.69 Å². The lowest BCUT2D eigenvalue weighted by Gasteiger charge is -2.08. The highest BCUT2D eigenvalue weighted by atomic mass is 16.2. The van der Waals surface area contributed by atoms with Gasteiger partial charge in [0, 0.05) is 11.9 Å². The number of hydrogen-bond donors (Lipinski definition) is 2. The van der Waals surface area contributed by atoms with Crippen LogP contribution < -0.4 is 10.6 Å². The van der Waals surface area contributed by atoms with Crippen molar-refractivity contribution in [2.45, 2.75) is 0 Å². The summed E-state index contributed by atoms with van der Waals surface area (Å²) in [6.07, 6.45) is 3.25. The molecule has 4 heteroatoms. The molecule has 3 rings (SSSR count). The average molecular weight is 289 g/mol. The minimum atomic E-state index is -0.291. The van der Waals surface area contributed by atoms with Crippen LogP contribution in [0.1, 0.15) is 0 Å². The number of anilines is 2. The Hall–Kier alpha value is -3.14. The normalized spacial score (nSPS) is 10.0. The lowest BCUT2D eigenvalue weighted by molar-refractivity contribution is 0.262. The number of hydrogen-bond acceptors (Lipinski definition) is 2. The Balaban J connectivity index is 1.65. The molecule has 1 aromatic heterocycles. The predicted octanol–water partition coefficient (Wildman–Crippen LogP) is 4.39. The third-order valence-electron chi connectivity index (χ3n) is 3.17. The number of urea groups is 1. The fraction of sp³-hybridized carbons (Fsp3) is 0. The van der Waals surface area contributed by atoms with Gasteiger partial charge in [0.05, 0.1) is 11.9 Å². The fourth-order valence-corrected chi connectivity index (χ4v) is 2.11. The van der Waals surface area contributed by atoms with E-state index in [4.69, 9.17) is 0 Å². The van der Waals surface area contributed by atoms with Gasteiger partial charge in [-0.2, -0.15) is 0 Å². The number of nitrogens with zero attached hydrogens (tertiary/aromatic N) is 1. The van der Waals surface area contributed by atoms with E-state index in [-0.39, 0.29) is 6.03 Å². The second-order valence-corrected chi connectivity index (χ2v) is 4.76. The van der Waals surface area contributed by atoms with E-state index < -0.39 is 0 Å². The summed E-state index contributed by atoms with van der Waals surface area (Å²) < 4.78 is 0. The molecule has 1 heterocycles. The van der Waals surface area contributed by atoms with Gasteiger partial charge in [-0.3, -0.25) is 4.98 Å². The molecule has 0 saturated carbocycles.